The standard InChI is InChI=1S/C15H18N2O2S/c18-14-8-2-1-5-9-16(14)11-17-12-6-3-4-7-13(12)20-10-15(17)19/h3-4,6-7H,1-2,5,8-11H2. The zero-order valence-electron chi connectivity index (χ0n) is 11.4. The van der Waals surface area contributed by atoms with Crippen LogP contribution in [0.2, 0.25) is 0 Å². The Hall–Kier alpha value is -1.49. The average molecular weight is 290 g/mol. The maximum atomic E-state index is 12.2. The van der Waals surface area contributed by atoms with Gasteiger partial charge in [-0.25, -0.2) is 0 Å². The smallest absolute Gasteiger partial charge is 0.238 e. The first-order valence-electron chi connectivity index (χ1n) is 7.06. The fourth-order valence-electron chi connectivity index (χ4n) is 2.67. The van der Waals surface area contributed by atoms with Gasteiger partial charge in [-0.3, -0.25) is 14.5 Å². The number of carbonyl (C=O) groups is 2. The lowest BCUT2D eigenvalue weighted by Gasteiger charge is -2.33. The van der Waals surface area contributed by atoms with Gasteiger partial charge >= 0.3 is 0 Å². The molecule has 106 valence electrons. The van der Waals surface area contributed by atoms with Gasteiger partial charge in [-0.15, -0.1) is 11.8 Å². The molecule has 1 saturated heterocycles. The number of amides is 2. The highest BCUT2D eigenvalue weighted by atomic mass is 32.2. The van der Waals surface area contributed by atoms with Crippen LogP contribution in [0, 0.1) is 0 Å². The van der Waals surface area contributed by atoms with E-state index in [1.165, 1.54) is 0 Å². The number of thioether (sulfide) groups is 1. The number of nitrogens with zero attached hydrogens (tertiary/aromatic N) is 2. The van der Waals surface area contributed by atoms with Crippen LogP contribution < -0.4 is 4.90 Å². The highest BCUT2D eigenvalue weighted by Crippen LogP contribution is 2.35. The zero-order chi connectivity index (χ0) is 13.9. The molecule has 0 spiro atoms. The molecule has 0 aliphatic carbocycles. The molecule has 1 aromatic carbocycles. The Bertz CT molecular complexity index is 532. The SMILES string of the molecule is O=C1CCCCCN1CN1C(=O)CSc2ccccc21. The lowest BCUT2D eigenvalue weighted by atomic mass is 10.2. The number of likely N-dealkylation sites (tertiary alicyclic amines) is 1. The molecule has 0 aromatic heterocycles. The number of rotatable bonds is 2. The highest BCUT2D eigenvalue weighted by molar-refractivity contribution is 8.00. The number of para-hydroxylation sites is 1. The molecule has 4 nitrogen and oxygen atoms in total. The Kier molecular flexibility index (Phi) is 3.96. The van der Waals surface area contributed by atoms with Crippen LogP contribution in [0.25, 0.3) is 0 Å². The topological polar surface area (TPSA) is 40.6 Å². The lowest BCUT2D eigenvalue weighted by molar-refractivity contribution is -0.131. The summed E-state index contributed by atoms with van der Waals surface area (Å²) in [5.74, 6) is 0.718. The van der Waals surface area contributed by atoms with Crippen molar-refractivity contribution < 1.29 is 9.59 Å². The van der Waals surface area contributed by atoms with Crippen LogP contribution in [0.4, 0.5) is 5.69 Å². The van der Waals surface area contributed by atoms with E-state index in [-0.39, 0.29) is 11.8 Å². The summed E-state index contributed by atoms with van der Waals surface area (Å²) in [6.07, 6.45) is 3.71. The first kappa shape index (κ1) is 13.5. The molecule has 0 bridgehead atoms. The van der Waals surface area contributed by atoms with E-state index in [0.29, 0.717) is 18.8 Å². The predicted molar refractivity (Wildman–Crippen MR) is 79.7 cm³/mol. The predicted octanol–water partition coefficient (Wildman–Crippen LogP) is 2.49. The molecule has 1 fully saturated rings. The number of benzene rings is 1. The van der Waals surface area contributed by atoms with Crippen molar-refractivity contribution in [1.82, 2.24) is 4.90 Å². The molecule has 3 rings (SSSR count). The Labute approximate surface area is 123 Å². The summed E-state index contributed by atoms with van der Waals surface area (Å²) in [6.45, 7) is 1.16. The summed E-state index contributed by atoms with van der Waals surface area (Å²) in [7, 11) is 0. The number of hydrogen-bond donors (Lipinski definition) is 0. The third-order valence-electron chi connectivity index (χ3n) is 3.79. The first-order chi connectivity index (χ1) is 9.75. The average Bonchev–Trinajstić information content (AvgIpc) is 2.67. The maximum absolute atomic E-state index is 12.2. The fourth-order valence-corrected chi connectivity index (χ4v) is 3.60. The summed E-state index contributed by atoms with van der Waals surface area (Å²) in [4.78, 5) is 29.0. The Morgan fingerprint density at radius 2 is 1.90 bits per heavy atom. The molecule has 2 aliphatic heterocycles. The summed E-state index contributed by atoms with van der Waals surface area (Å²) in [5, 5.41) is 0. The second kappa shape index (κ2) is 5.87. The molecule has 0 radical (unpaired) electrons. The summed E-state index contributed by atoms with van der Waals surface area (Å²) in [6, 6.07) is 7.91. The van der Waals surface area contributed by atoms with E-state index in [9.17, 15) is 9.59 Å². The summed E-state index contributed by atoms with van der Waals surface area (Å²) >= 11 is 1.57. The minimum Gasteiger partial charge on any atom is -0.324 e. The monoisotopic (exact) mass is 290 g/mol. The van der Waals surface area contributed by atoms with Gasteiger partial charge in [-0.2, -0.15) is 0 Å². The maximum Gasteiger partial charge on any atom is 0.238 e. The third-order valence-corrected chi connectivity index (χ3v) is 4.84. The number of fused-ring (bicyclic) bond motifs is 1. The fraction of sp³-hybridized carbons (Fsp3) is 0.467. The molecule has 5 heteroatoms. The van der Waals surface area contributed by atoms with Crippen LogP contribution in [-0.4, -0.2) is 35.7 Å². The van der Waals surface area contributed by atoms with Crippen LogP contribution in [0.3, 0.4) is 0 Å². The molecule has 2 aliphatic rings. The molecule has 2 heterocycles. The molecule has 0 saturated carbocycles. The third kappa shape index (κ3) is 2.68. The Morgan fingerprint density at radius 1 is 1.05 bits per heavy atom. The molecule has 0 atom stereocenters. The van der Waals surface area contributed by atoms with Crippen molar-refractivity contribution in [3.05, 3.63) is 24.3 Å². The molecule has 0 unspecified atom stereocenters. The van der Waals surface area contributed by atoms with Gasteiger partial charge in [0.1, 0.15) is 6.67 Å². The van der Waals surface area contributed by atoms with Crippen molar-refractivity contribution in [3.63, 3.8) is 0 Å². The second-order valence-corrected chi connectivity index (χ2v) is 6.20. The van der Waals surface area contributed by atoms with E-state index in [0.717, 1.165) is 36.4 Å². The quantitative estimate of drug-likeness (QED) is 0.840. The van der Waals surface area contributed by atoms with Gasteiger partial charge < -0.3 is 4.90 Å². The van der Waals surface area contributed by atoms with Crippen molar-refractivity contribution in [1.29, 1.82) is 0 Å². The largest absolute Gasteiger partial charge is 0.324 e. The molecule has 1 aromatic rings. The summed E-state index contributed by atoms with van der Waals surface area (Å²) < 4.78 is 0. The zero-order valence-corrected chi connectivity index (χ0v) is 12.2. The van der Waals surface area contributed by atoms with Crippen LogP contribution in [0.15, 0.2) is 29.2 Å². The molecular formula is C15H18N2O2S. The summed E-state index contributed by atoms with van der Waals surface area (Å²) in [5.41, 5.74) is 0.936. The van der Waals surface area contributed by atoms with E-state index in [1.54, 1.807) is 16.7 Å². The van der Waals surface area contributed by atoms with E-state index < -0.39 is 0 Å². The lowest BCUT2D eigenvalue weighted by Crippen LogP contribution is -2.46. The van der Waals surface area contributed by atoms with Gasteiger partial charge in [0.2, 0.25) is 11.8 Å². The first-order valence-corrected chi connectivity index (χ1v) is 8.04. The minimum atomic E-state index is 0.0887. The van der Waals surface area contributed by atoms with Gasteiger partial charge in [-0.05, 0) is 25.0 Å². The van der Waals surface area contributed by atoms with Gasteiger partial charge in [-0.1, -0.05) is 18.6 Å². The Morgan fingerprint density at radius 3 is 2.80 bits per heavy atom. The van der Waals surface area contributed by atoms with Crippen molar-refractivity contribution in [3.8, 4) is 0 Å². The van der Waals surface area contributed by atoms with E-state index >= 15 is 0 Å². The molecule has 20 heavy (non-hydrogen) atoms. The van der Waals surface area contributed by atoms with Crippen molar-refractivity contribution in [2.24, 2.45) is 0 Å². The number of hydrogen-bond acceptors (Lipinski definition) is 3. The van der Waals surface area contributed by atoms with Gasteiger partial charge in [0.25, 0.3) is 0 Å². The van der Waals surface area contributed by atoms with Crippen LogP contribution in [-0.2, 0) is 9.59 Å². The van der Waals surface area contributed by atoms with Crippen molar-refractivity contribution in [2.45, 2.75) is 30.6 Å². The van der Waals surface area contributed by atoms with Crippen LogP contribution >= 0.6 is 11.8 Å². The van der Waals surface area contributed by atoms with E-state index in [4.69, 9.17) is 0 Å². The van der Waals surface area contributed by atoms with Crippen molar-refractivity contribution in [2.75, 3.05) is 23.9 Å². The van der Waals surface area contributed by atoms with E-state index in [1.807, 2.05) is 29.2 Å². The van der Waals surface area contributed by atoms with Gasteiger partial charge in [0.15, 0.2) is 0 Å². The highest BCUT2D eigenvalue weighted by Gasteiger charge is 2.27. The molecular weight excluding hydrogens is 272 g/mol. The van der Waals surface area contributed by atoms with Gasteiger partial charge in [0.05, 0.1) is 11.4 Å². The normalized spacial score (nSPS) is 19.8. The van der Waals surface area contributed by atoms with Crippen molar-refractivity contribution >= 4 is 29.3 Å². The molecule has 0 N–H and O–H groups in total. The molecule has 2 amide bonds. The van der Waals surface area contributed by atoms with Crippen LogP contribution in [0.5, 0.6) is 0 Å². The number of anilines is 1. The van der Waals surface area contributed by atoms with Gasteiger partial charge in [0, 0.05) is 17.9 Å². The minimum absolute atomic E-state index is 0.0887. The second-order valence-electron chi connectivity index (χ2n) is 5.19. The number of carbonyl (C=O) groups excluding carboxylic acids is 2. The Balaban J connectivity index is 1.82. The van der Waals surface area contributed by atoms with Crippen LogP contribution in [0.1, 0.15) is 25.7 Å². The van der Waals surface area contributed by atoms with E-state index in [2.05, 4.69) is 0 Å².